The fraction of sp³-hybridized carbons (Fsp3) is 0.733. The van der Waals surface area contributed by atoms with E-state index in [-0.39, 0.29) is 6.03 Å². The molecule has 5 heteroatoms. The average molecular weight is 276 g/mol. The maximum Gasteiger partial charge on any atom is 0.317 e. The number of nitrogens with zero attached hydrogens (tertiary/aromatic N) is 3. The third kappa shape index (κ3) is 2.97. The lowest BCUT2D eigenvalue weighted by atomic mass is 10.0. The normalized spacial score (nSPS) is 22.4. The topological polar surface area (TPSA) is 50.2 Å². The van der Waals surface area contributed by atoms with Crippen LogP contribution in [-0.4, -0.2) is 33.6 Å². The van der Waals surface area contributed by atoms with Gasteiger partial charge in [0.1, 0.15) is 5.82 Å². The molecule has 1 atom stereocenters. The monoisotopic (exact) mass is 276 g/mol. The van der Waals surface area contributed by atoms with Crippen LogP contribution in [0.25, 0.3) is 0 Å². The van der Waals surface area contributed by atoms with Crippen LogP contribution < -0.4 is 5.32 Å². The molecule has 0 saturated carbocycles. The van der Waals surface area contributed by atoms with Gasteiger partial charge in [-0.25, -0.2) is 9.78 Å². The van der Waals surface area contributed by atoms with E-state index in [1.54, 1.807) is 0 Å². The van der Waals surface area contributed by atoms with Gasteiger partial charge in [0.2, 0.25) is 0 Å². The number of hydrogen-bond donors (Lipinski definition) is 1. The summed E-state index contributed by atoms with van der Waals surface area (Å²) in [5.41, 5.74) is 0.986. The Morgan fingerprint density at radius 1 is 1.40 bits per heavy atom. The van der Waals surface area contributed by atoms with Crippen molar-refractivity contribution in [3.8, 4) is 0 Å². The van der Waals surface area contributed by atoms with Crippen LogP contribution in [0.5, 0.6) is 0 Å². The van der Waals surface area contributed by atoms with Gasteiger partial charge in [0.15, 0.2) is 0 Å². The van der Waals surface area contributed by atoms with Gasteiger partial charge in [-0.1, -0.05) is 6.92 Å². The number of nitrogens with one attached hydrogen (secondary N) is 1. The Labute approximate surface area is 120 Å². The number of amides is 2. The van der Waals surface area contributed by atoms with Gasteiger partial charge in [-0.2, -0.15) is 0 Å². The molecule has 0 unspecified atom stereocenters. The number of fused-ring (bicyclic) bond motifs is 1. The second-order valence-corrected chi connectivity index (χ2v) is 6.15. The molecule has 0 radical (unpaired) electrons. The van der Waals surface area contributed by atoms with E-state index in [1.807, 2.05) is 4.90 Å². The van der Waals surface area contributed by atoms with Gasteiger partial charge >= 0.3 is 6.03 Å². The minimum absolute atomic E-state index is 0.0579. The molecular formula is C15H24N4O. The minimum atomic E-state index is 0.0579. The molecule has 0 spiro atoms. The summed E-state index contributed by atoms with van der Waals surface area (Å²) in [7, 11) is 0. The number of aryl methyl sites for hydroxylation is 2. The Balaban J connectivity index is 1.53. The third-order valence-corrected chi connectivity index (χ3v) is 4.32. The first-order valence-electron chi connectivity index (χ1n) is 7.80. The predicted molar refractivity (Wildman–Crippen MR) is 77.4 cm³/mol. The van der Waals surface area contributed by atoms with E-state index < -0.39 is 0 Å². The van der Waals surface area contributed by atoms with Crippen LogP contribution in [0.15, 0.2) is 6.20 Å². The van der Waals surface area contributed by atoms with E-state index in [2.05, 4.69) is 28.0 Å². The number of imidazole rings is 1. The zero-order chi connectivity index (χ0) is 13.9. The summed E-state index contributed by atoms with van der Waals surface area (Å²) in [6.45, 7) is 5.59. The molecule has 1 saturated heterocycles. The number of urea groups is 1. The molecule has 20 heavy (non-hydrogen) atoms. The Morgan fingerprint density at radius 2 is 2.30 bits per heavy atom. The molecule has 2 aliphatic heterocycles. The first-order chi connectivity index (χ1) is 9.72. The van der Waals surface area contributed by atoms with Gasteiger partial charge in [-0.3, -0.25) is 0 Å². The lowest BCUT2D eigenvalue weighted by Crippen LogP contribution is -2.44. The summed E-state index contributed by atoms with van der Waals surface area (Å²) in [6, 6.07) is 0.0579. The molecule has 2 amide bonds. The Hall–Kier alpha value is -1.52. The van der Waals surface area contributed by atoms with Crippen molar-refractivity contribution in [2.45, 2.75) is 52.1 Å². The summed E-state index contributed by atoms with van der Waals surface area (Å²) >= 11 is 0. The fourth-order valence-electron chi connectivity index (χ4n) is 3.21. The standard InChI is InChI=1S/C15H24N4O/c1-12-5-4-8-19(10-12)15(20)16-9-13-11-18-7-3-2-6-14(18)17-13/h11-12H,2-10H2,1H3,(H,16,20)/t12-/m1/s1. The summed E-state index contributed by atoms with van der Waals surface area (Å²) < 4.78 is 2.23. The zero-order valence-electron chi connectivity index (χ0n) is 12.3. The Morgan fingerprint density at radius 3 is 3.10 bits per heavy atom. The van der Waals surface area contributed by atoms with E-state index in [1.165, 1.54) is 25.1 Å². The molecule has 0 aromatic carbocycles. The maximum atomic E-state index is 12.1. The van der Waals surface area contributed by atoms with Gasteiger partial charge in [0.25, 0.3) is 0 Å². The van der Waals surface area contributed by atoms with E-state index in [4.69, 9.17) is 0 Å². The van der Waals surface area contributed by atoms with Crippen LogP contribution in [-0.2, 0) is 19.5 Å². The predicted octanol–water partition coefficient (Wildman–Crippen LogP) is 2.16. The highest BCUT2D eigenvalue weighted by Crippen LogP contribution is 2.16. The van der Waals surface area contributed by atoms with Crippen LogP contribution in [0.2, 0.25) is 0 Å². The number of hydrogen-bond acceptors (Lipinski definition) is 2. The number of piperidine rings is 1. The SMILES string of the molecule is C[C@@H]1CCCN(C(=O)NCc2cn3c(n2)CCCC3)C1. The fourth-order valence-corrected chi connectivity index (χ4v) is 3.21. The Kier molecular flexibility index (Phi) is 3.94. The number of aromatic nitrogens is 2. The summed E-state index contributed by atoms with van der Waals surface area (Å²) in [5.74, 6) is 1.79. The molecule has 0 bridgehead atoms. The van der Waals surface area contributed by atoms with E-state index in [0.717, 1.165) is 38.2 Å². The molecule has 3 heterocycles. The van der Waals surface area contributed by atoms with Crippen molar-refractivity contribution in [2.75, 3.05) is 13.1 Å². The summed E-state index contributed by atoms with van der Waals surface area (Å²) in [6.07, 6.45) is 7.98. The molecule has 1 fully saturated rings. The summed E-state index contributed by atoms with van der Waals surface area (Å²) in [4.78, 5) is 18.7. The first-order valence-corrected chi connectivity index (χ1v) is 7.80. The molecule has 0 aliphatic carbocycles. The van der Waals surface area contributed by atoms with E-state index in [0.29, 0.717) is 12.5 Å². The van der Waals surface area contributed by atoms with Gasteiger partial charge < -0.3 is 14.8 Å². The minimum Gasteiger partial charge on any atom is -0.335 e. The van der Waals surface area contributed by atoms with Crippen molar-refractivity contribution in [1.82, 2.24) is 19.8 Å². The van der Waals surface area contributed by atoms with Crippen LogP contribution in [0.4, 0.5) is 4.79 Å². The highest BCUT2D eigenvalue weighted by molar-refractivity contribution is 5.74. The molecule has 5 nitrogen and oxygen atoms in total. The van der Waals surface area contributed by atoms with Gasteiger partial charge in [-0.05, 0) is 31.6 Å². The number of carbonyl (C=O) groups is 1. The van der Waals surface area contributed by atoms with Crippen molar-refractivity contribution in [3.05, 3.63) is 17.7 Å². The highest BCUT2D eigenvalue weighted by Gasteiger charge is 2.21. The zero-order valence-corrected chi connectivity index (χ0v) is 12.3. The van der Waals surface area contributed by atoms with Gasteiger partial charge in [0.05, 0.1) is 12.2 Å². The van der Waals surface area contributed by atoms with E-state index >= 15 is 0 Å². The van der Waals surface area contributed by atoms with Crippen molar-refractivity contribution in [3.63, 3.8) is 0 Å². The second kappa shape index (κ2) is 5.85. The van der Waals surface area contributed by atoms with Gasteiger partial charge in [-0.15, -0.1) is 0 Å². The smallest absolute Gasteiger partial charge is 0.317 e. The molecular weight excluding hydrogens is 252 g/mol. The average Bonchev–Trinajstić information content (AvgIpc) is 2.87. The van der Waals surface area contributed by atoms with E-state index in [9.17, 15) is 4.79 Å². The van der Waals surface area contributed by atoms with Crippen molar-refractivity contribution < 1.29 is 4.79 Å². The van der Waals surface area contributed by atoms with Crippen molar-refractivity contribution >= 4 is 6.03 Å². The largest absolute Gasteiger partial charge is 0.335 e. The summed E-state index contributed by atoms with van der Waals surface area (Å²) in [5, 5.41) is 3.01. The number of likely N-dealkylation sites (tertiary alicyclic amines) is 1. The van der Waals surface area contributed by atoms with Gasteiger partial charge in [0, 0.05) is 32.3 Å². The second-order valence-electron chi connectivity index (χ2n) is 6.15. The maximum absolute atomic E-state index is 12.1. The molecule has 1 aromatic rings. The molecule has 2 aliphatic rings. The van der Waals surface area contributed by atoms with Crippen LogP contribution in [0.1, 0.15) is 44.1 Å². The highest BCUT2D eigenvalue weighted by atomic mass is 16.2. The van der Waals surface area contributed by atoms with Crippen LogP contribution in [0, 0.1) is 5.92 Å². The lowest BCUT2D eigenvalue weighted by molar-refractivity contribution is 0.169. The van der Waals surface area contributed by atoms with Crippen molar-refractivity contribution in [1.29, 1.82) is 0 Å². The molecule has 110 valence electrons. The molecule has 1 aromatic heterocycles. The first kappa shape index (κ1) is 13.5. The number of carbonyl (C=O) groups excluding carboxylic acids is 1. The molecule has 3 rings (SSSR count). The lowest BCUT2D eigenvalue weighted by Gasteiger charge is -2.30. The van der Waals surface area contributed by atoms with Crippen LogP contribution in [0.3, 0.4) is 0 Å². The molecule has 1 N–H and O–H groups in total. The quantitative estimate of drug-likeness (QED) is 0.900. The third-order valence-electron chi connectivity index (χ3n) is 4.32. The Bertz CT molecular complexity index is 459. The number of rotatable bonds is 2. The van der Waals surface area contributed by atoms with Crippen molar-refractivity contribution in [2.24, 2.45) is 5.92 Å². The van der Waals surface area contributed by atoms with Crippen LogP contribution >= 0.6 is 0 Å².